The van der Waals surface area contributed by atoms with E-state index in [1.165, 1.54) is 11.1 Å². The molecule has 23 heavy (non-hydrogen) atoms. The molecule has 0 aliphatic carbocycles. The Balaban J connectivity index is 1.69. The van der Waals surface area contributed by atoms with Gasteiger partial charge < -0.3 is 0 Å². The van der Waals surface area contributed by atoms with Gasteiger partial charge in [-0.05, 0) is 50.3 Å². The molecule has 0 saturated carbocycles. The third-order valence-electron chi connectivity index (χ3n) is 4.55. The molecule has 1 atom stereocenters. The third kappa shape index (κ3) is 3.65. The van der Waals surface area contributed by atoms with Gasteiger partial charge in [0, 0.05) is 13.1 Å². The van der Waals surface area contributed by atoms with E-state index >= 15 is 0 Å². The van der Waals surface area contributed by atoms with Crippen molar-refractivity contribution in [3.05, 3.63) is 65.2 Å². The number of hydrogen-bond acceptors (Lipinski definition) is 2. The van der Waals surface area contributed by atoms with Crippen LogP contribution in [0.25, 0.3) is 0 Å². The SMILES string of the molecule is Cc1ccc(CC2CCN(S(=O)(=O)c3ccc(C)cc3)C2)cc1. The quantitative estimate of drug-likeness (QED) is 0.860. The molecule has 1 aliphatic heterocycles. The monoisotopic (exact) mass is 329 g/mol. The van der Waals surface area contributed by atoms with E-state index in [0.717, 1.165) is 18.4 Å². The molecule has 1 unspecified atom stereocenters. The normalized spacial score (nSPS) is 19.1. The fourth-order valence-electron chi connectivity index (χ4n) is 3.10. The zero-order valence-corrected chi connectivity index (χ0v) is 14.5. The van der Waals surface area contributed by atoms with Crippen LogP contribution in [0.2, 0.25) is 0 Å². The molecule has 3 nitrogen and oxygen atoms in total. The van der Waals surface area contributed by atoms with Crippen LogP contribution in [0.15, 0.2) is 53.4 Å². The van der Waals surface area contributed by atoms with Crippen LogP contribution in [-0.2, 0) is 16.4 Å². The lowest BCUT2D eigenvalue weighted by Gasteiger charge is -2.17. The van der Waals surface area contributed by atoms with Crippen molar-refractivity contribution in [2.45, 2.75) is 31.6 Å². The van der Waals surface area contributed by atoms with Crippen molar-refractivity contribution in [2.75, 3.05) is 13.1 Å². The van der Waals surface area contributed by atoms with E-state index in [9.17, 15) is 8.42 Å². The average molecular weight is 329 g/mol. The van der Waals surface area contributed by atoms with Gasteiger partial charge in [-0.1, -0.05) is 47.5 Å². The molecule has 0 radical (unpaired) electrons. The number of aryl methyl sites for hydroxylation is 2. The lowest BCUT2D eigenvalue weighted by molar-refractivity contribution is 0.456. The van der Waals surface area contributed by atoms with Gasteiger partial charge in [0.2, 0.25) is 10.0 Å². The molecular weight excluding hydrogens is 306 g/mol. The van der Waals surface area contributed by atoms with Gasteiger partial charge in [-0.2, -0.15) is 4.31 Å². The summed E-state index contributed by atoms with van der Waals surface area (Å²) in [5.74, 6) is 0.401. The summed E-state index contributed by atoms with van der Waals surface area (Å²) in [6.07, 6.45) is 1.87. The van der Waals surface area contributed by atoms with Gasteiger partial charge in [-0.3, -0.25) is 0 Å². The van der Waals surface area contributed by atoms with Crippen LogP contribution < -0.4 is 0 Å². The summed E-state index contributed by atoms with van der Waals surface area (Å²) in [5, 5.41) is 0. The Morgan fingerprint density at radius 3 is 2.13 bits per heavy atom. The van der Waals surface area contributed by atoms with E-state index in [-0.39, 0.29) is 0 Å². The molecule has 0 spiro atoms. The second kappa shape index (κ2) is 6.46. The molecule has 4 heteroatoms. The maximum atomic E-state index is 12.7. The number of rotatable bonds is 4. The maximum absolute atomic E-state index is 12.7. The predicted molar refractivity (Wildman–Crippen MR) is 92.9 cm³/mol. The summed E-state index contributed by atoms with van der Waals surface area (Å²) in [5.41, 5.74) is 3.61. The van der Waals surface area contributed by atoms with Gasteiger partial charge in [0.15, 0.2) is 0 Å². The number of benzene rings is 2. The van der Waals surface area contributed by atoms with Crippen LogP contribution in [-0.4, -0.2) is 25.8 Å². The second-order valence-corrected chi connectivity index (χ2v) is 8.46. The van der Waals surface area contributed by atoms with E-state index in [2.05, 4.69) is 31.2 Å². The van der Waals surface area contributed by atoms with E-state index in [4.69, 9.17) is 0 Å². The molecule has 0 N–H and O–H groups in total. The lowest BCUT2D eigenvalue weighted by Crippen LogP contribution is -2.29. The molecule has 122 valence electrons. The van der Waals surface area contributed by atoms with Crippen LogP contribution >= 0.6 is 0 Å². The van der Waals surface area contributed by atoms with Crippen molar-refractivity contribution < 1.29 is 8.42 Å². The van der Waals surface area contributed by atoms with Crippen molar-refractivity contribution in [2.24, 2.45) is 5.92 Å². The highest BCUT2D eigenvalue weighted by molar-refractivity contribution is 7.89. The maximum Gasteiger partial charge on any atom is 0.243 e. The fourth-order valence-corrected chi connectivity index (χ4v) is 4.63. The summed E-state index contributed by atoms with van der Waals surface area (Å²) >= 11 is 0. The first kappa shape index (κ1) is 16.2. The summed E-state index contributed by atoms with van der Waals surface area (Å²) in [4.78, 5) is 0.402. The molecule has 1 saturated heterocycles. The minimum Gasteiger partial charge on any atom is -0.207 e. The molecule has 1 heterocycles. The number of hydrogen-bond donors (Lipinski definition) is 0. The molecule has 0 amide bonds. The van der Waals surface area contributed by atoms with Crippen LogP contribution in [0.5, 0.6) is 0 Å². The van der Waals surface area contributed by atoms with Crippen molar-refractivity contribution in [3.63, 3.8) is 0 Å². The van der Waals surface area contributed by atoms with Crippen LogP contribution in [0.4, 0.5) is 0 Å². The van der Waals surface area contributed by atoms with Crippen LogP contribution in [0.1, 0.15) is 23.1 Å². The van der Waals surface area contributed by atoms with Crippen molar-refractivity contribution in [3.8, 4) is 0 Å². The Morgan fingerprint density at radius 1 is 0.957 bits per heavy atom. The van der Waals surface area contributed by atoms with Gasteiger partial charge in [0.25, 0.3) is 0 Å². The third-order valence-corrected chi connectivity index (χ3v) is 6.43. The zero-order valence-electron chi connectivity index (χ0n) is 13.7. The summed E-state index contributed by atoms with van der Waals surface area (Å²) in [7, 11) is -3.35. The van der Waals surface area contributed by atoms with Gasteiger partial charge in [0.05, 0.1) is 4.90 Å². The first-order valence-corrected chi connectivity index (χ1v) is 9.51. The van der Waals surface area contributed by atoms with Gasteiger partial charge in [-0.25, -0.2) is 8.42 Å². The summed E-state index contributed by atoms with van der Waals surface area (Å²) in [6.45, 7) is 5.27. The Labute approximate surface area is 139 Å². The standard InChI is InChI=1S/C19H23NO2S/c1-15-3-7-17(8-4-15)13-18-11-12-20(14-18)23(21,22)19-9-5-16(2)6-10-19/h3-10,18H,11-14H2,1-2H3. The van der Waals surface area contributed by atoms with Crippen LogP contribution in [0, 0.1) is 19.8 Å². The van der Waals surface area contributed by atoms with E-state index in [1.807, 2.05) is 19.1 Å². The van der Waals surface area contributed by atoms with Gasteiger partial charge in [-0.15, -0.1) is 0 Å². The predicted octanol–water partition coefficient (Wildman–Crippen LogP) is 3.56. The minimum absolute atomic E-state index is 0.401. The first-order valence-electron chi connectivity index (χ1n) is 8.07. The molecule has 2 aromatic carbocycles. The van der Waals surface area contributed by atoms with E-state index in [0.29, 0.717) is 23.9 Å². The fraction of sp³-hybridized carbons (Fsp3) is 0.368. The minimum atomic E-state index is -3.35. The Morgan fingerprint density at radius 2 is 1.52 bits per heavy atom. The molecule has 0 aromatic heterocycles. The van der Waals surface area contributed by atoms with Crippen molar-refractivity contribution >= 4 is 10.0 Å². The Hall–Kier alpha value is -1.65. The first-order chi connectivity index (χ1) is 10.9. The summed E-state index contributed by atoms with van der Waals surface area (Å²) in [6, 6.07) is 15.6. The van der Waals surface area contributed by atoms with Gasteiger partial charge >= 0.3 is 0 Å². The number of sulfonamides is 1. The highest BCUT2D eigenvalue weighted by Crippen LogP contribution is 2.26. The van der Waals surface area contributed by atoms with Crippen LogP contribution in [0.3, 0.4) is 0 Å². The molecule has 1 aliphatic rings. The smallest absolute Gasteiger partial charge is 0.207 e. The molecule has 2 aromatic rings. The Kier molecular flexibility index (Phi) is 4.55. The van der Waals surface area contributed by atoms with Crippen molar-refractivity contribution in [1.82, 2.24) is 4.31 Å². The summed E-state index contributed by atoms with van der Waals surface area (Å²) < 4.78 is 27.1. The van der Waals surface area contributed by atoms with Crippen molar-refractivity contribution in [1.29, 1.82) is 0 Å². The molecular formula is C19H23NO2S. The Bertz CT molecular complexity index is 764. The molecule has 1 fully saturated rings. The molecule has 3 rings (SSSR count). The van der Waals surface area contributed by atoms with E-state index in [1.54, 1.807) is 16.4 Å². The number of nitrogens with zero attached hydrogens (tertiary/aromatic N) is 1. The second-order valence-electron chi connectivity index (χ2n) is 6.52. The average Bonchev–Trinajstić information content (AvgIpc) is 2.99. The highest BCUT2D eigenvalue weighted by Gasteiger charge is 2.32. The van der Waals surface area contributed by atoms with Gasteiger partial charge in [0.1, 0.15) is 0 Å². The zero-order chi connectivity index (χ0) is 16.4. The lowest BCUT2D eigenvalue weighted by atomic mass is 9.98. The van der Waals surface area contributed by atoms with E-state index < -0.39 is 10.0 Å². The largest absolute Gasteiger partial charge is 0.243 e. The highest BCUT2D eigenvalue weighted by atomic mass is 32.2. The topological polar surface area (TPSA) is 37.4 Å². The molecule has 0 bridgehead atoms.